The van der Waals surface area contributed by atoms with Gasteiger partial charge in [-0.2, -0.15) is 0 Å². The molecule has 2 heterocycles. The Kier molecular flexibility index (Phi) is 3.86. The summed E-state index contributed by atoms with van der Waals surface area (Å²) in [6.45, 7) is 4.95. The average molecular weight is 242 g/mol. The van der Waals surface area contributed by atoms with Crippen molar-refractivity contribution in [1.29, 1.82) is 0 Å². The summed E-state index contributed by atoms with van der Waals surface area (Å²) in [5.41, 5.74) is 5.21. The molecule has 2 aliphatic rings. The fraction of sp³-hybridized carbons (Fsp3) is 0.909. The number of nitrogens with two attached hydrogens (primary N) is 1. The first kappa shape index (κ1) is 12.6. The third kappa shape index (κ3) is 3.31. The minimum absolute atomic E-state index is 0.389. The summed E-state index contributed by atoms with van der Waals surface area (Å²) in [6, 6.07) is 0. The molecule has 0 amide bonds. The van der Waals surface area contributed by atoms with Crippen LogP contribution in [0, 0.1) is 0 Å². The van der Waals surface area contributed by atoms with E-state index in [-0.39, 0.29) is 0 Å². The highest BCUT2D eigenvalue weighted by Gasteiger charge is 2.34. The molecule has 98 valence electrons. The number of hydrogen-bond acceptors (Lipinski definition) is 4. The molecule has 0 spiro atoms. The zero-order chi connectivity index (χ0) is 12.3. The maximum absolute atomic E-state index is 10.3. The molecular weight excluding hydrogens is 220 g/mol. The number of nitrogens with zero attached hydrogens (tertiary/aromatic N) is 3. The van der Waals surface area contributed by atoms with Crippen LogP contribution >= 0.6 is 0 Å². The highest BCUT2D eigenvalue weighted by Crippen LogP contribution is 2.20. The van der Waals surface area contributed by atoms with Crippen LogP contribution in [0.2, 0.25) is 0 Å². The summed E-state index contributed by atoms with van der Waals surface area (Å²) in [4.78, 5) is 8.44. The molecule has 0 aromatic rings. The molecule has 2 fully saturated rings. The van der Waals surface area contributed by atoms with Gasteiger partial charge in [0.1, 0.15) is 0 Å². The van der Waals surface area contributed by atoms with Gasteiger partial charge in [-0.25, -0.2) is 0 Å². The lowest BCUT2D eigenvalue weighted by atomic mass is 10.0. The van der Waals surface area contributed by atoms with Crippen LogP contribution in [-0.4, -0.2) is 79.5 Å². The van der Waals surface area contributed by atoms with Gasteiger partial charge >= 0.3 is 0 Å². The number of likely N-dealkylation sites (tertiary alicyclic amines) is 1. The van der Waals surface area contributed by atoms with E-state index in [0.717, 1.165) is 26.1 Å². The summed E-state index contributed by atoms with van der Waals surface area (Å²) >= 11 is 0. The standard InChI is InChI=1S/C11H22N4O2/c1-14-3-2-11(16,9-14)8-13-10(12)15-4-6-17-7-5-15/h16H,2-9H2,1H3,(H2,12,13). The summed E-state index contributed by atoms with van der Waals surface area (Å²) in [7, 11) is 2.01. The number of aliphatic imine (C=N–C) groups is 1. The van der Waals surface area contributed by atoms with Crippen LogP contribution in [0.25, 0.3) is 0 Å². The highest BCUT2D eigenvalue weighted by atomic mass is 16.5. The molecule has 1 unspecified atom stereocenters. The third-order valence-corrected chi connectivity index (χ3v) is 3.39. The van der Waals surface area contributed by atoms with E-state index >= 15 is 0 Å². The number of β-amino-alcohol motifs (C(OH)–C–C–N with tert-alkyl or cyclic N) is 1. The van der Waals surface area contributed by atoms with Crippen molar-refractivity contribution in [2.75, 3.05) is 53.0 Å². The van der Waals surface area contributed by atoms with Gasteiger partial charge in [-0.15, -0.1) is 0 Å². The van der Waals surface area contributed by atoms with Crippen LogP contribution < -0.4 is 5.73 Å². The van der Waals surface area contributed by atoms with Gasteiger partial charge in [-0.05, 0) is 13.5 Å². The van der Waals surface area contributed by atoms with Gasteiger partial charge in [0.15, 0.2) is 5.96 Å². The second kappa shape index (κ2) is 5.20. The maximum atomic E-state index is 10.3. The fourth-order valence-electron chi connectivity index (χ4n) is 2.31. The molecule has 1 atom stereocenters. The number of ether oxygens (including phenoxy) is 1. The van der Waals surface area contributed by atoms with Crippen LogP contribution in [0.3, 0.4) is 0 Å². The number of morpholine rings is 1. The molecule has 17 heavy (non-hydrogen) atoms. The number of likely N-dealkylation sites (N-methyl/N-ethyl adjacent to an activating group) is 1. The van der Waals surface area contributed by atoms with Crippen LogP contribution in [-0.2, 0) is 4.74 Å². The first-order valence-electron chi connectivity index (χ1n) is 6.13. The van der Waals surface area contributed by atoms with Gasteiger partial charge < -0.3 is 25.4 Å². The Morgan fingerprint density at radius 2 is 2.12 bits per heavy atom. The predicted octanol–water partition coefficient (Wildman–Crippen LogP) is -1.30. The highest BCUT2D eigenvalue weighted by molar-refractivity contribution is 5.78. The van der Waals surface area contributed by atoms with E-state index in [1.165, 1.54) is 0 Å². The Morgan fingerprint density at radius 3 is 2.71 bits per heavy atom. The Balaban J connectivity index is 1.86. The van der Waals surface area contributed by atoms with Gasteiger partial charge in [0.05, 0.1) is 25.4 Å². The normalized spacial score (nSPS) is 32.1. The van der Waals surface area contributed by atoms with Crippen molar-refractivity contribution in [2.45, 2.75) is 12.0 Å². The summed E-state index contributed by atoms with van der Waals surface area (Å²) < 4.78 is 5.25. The second-order valence-electron chi connectivity index (χ2n) is 4.99. The van der Waals surface area contributed by atoms with Crippen LogP contribution in [0.4, 0.5) is 0 Å². The number of aliphatic hydroxyl groups is 1. The van der Waals surface area contributed by atoms with E-state index in [9.17, 15) is 5.11 Å². The van der Waals surface area contributed by atoms with Crippen molar-refractivity contribution < 1.29 is 9.84 Å². The number of rotatable bonds is 2. The quantitative estimate of drug-likeness (QED) is 0.465. The summed E-state index contributed by atoms with van der Waals surface area (Å²) in [5.74, 6) is 0.524. The molecule has 0 aliphatic carbocycles. The van der Waals surface area contributed by atoms with E-state index in [0.29, 0.717) is 32.3 Å². The van der Waals surface area contributed by atoms with Crippen molar-refractivity contribution >= 4 is 5.96 Å². The smallest absolute Gasteiger partial charge is 0.191 e. The molecule has 2 rings (SSSR count). The Labute approximate surface area is 102 Å². The Morgan fingerprint density at radius 1 is 1.41 bits per heavy atom. The molecule has 0 radical (unpaired) electrons. The lowest BCUT2D eigenvalue weighted by Crippen LogP contribution is -2.46. The lowest BCUT2D eigenvalue weighted by Gasteiger charge is -2.28. The van der Waals surface area contributed by atoms with Crippen LogP contribution in [0.15, 0.2) is 4.99 Å². The van der Waals surface area contributed by atoms with Crippen molar-refractivity contribution in [3.8, 4) is 0 Å². The van der Waals surface area contributed by atoms with E-state index in [1.54, 1.807) is 0 Å². The fourth-order valence-corrected chi connectivity index (χ4v) is 2.31. The molecule has 6 heteroatoms. The minimum Gasteiger partial charge on any atom is -0.387 e. The predicted molar refractivity (Wildman–Crippen MR) is 65.9 cm³/mol. The SMILES string of the molecule is CN1CCC(O)(CN=C(N)N2CCOCC2)C1. The molecule has 3 N–H and O–H groups in total. The first-order chi connectivity index (χ1) is 8.09. The molecule has 0 aromatic carbocycles. The molecule has 2 aliphatic heterocycles. The van der Waals surface area contributed by atoms with Crippen molar-refractivity contribution in [3.05, 3.63) is 0 Å². The van der Waals surface area contributed by atoms with Crippen molar-refractivity contribution in [3.63, 3.8) is 0 Å². The Hall–Kier alpha value is -0.850. The zero-order valence-corrected chi connectivity index (χ0v) is 10.4. The van der Waals surface area contributed by atoms with Gasteiger partial charge in [-0.3, -0.25) is 4.99 Å². The number of guanidine groups is 1. The van der Waals surface area contributed by atoms with E-state index < -0.39 is 5.60 Å². The first-order valence-corrected chi connectivity index (χ1v) is 6.13. The Bertz CT molecular complexity index is 291. The van der Waals surface area contributed by atoms with E-state index in [2.05, 4.69) is 9.89 Å². The number of hydrogen-bond donors (Lipinski definition) is 2. The molecule has 2 saturated heterocycles. The minimum atomic E-state index is -0.703. The van der Waals surface area contributed by atoms with Crippen LogP contribution in [0.1, 0.15) is 6.42 Å². The maximum Gasteiger partial charge on any atom is 0.191 e. The topological polar surface area (TPSA) is 74.3 Å². The van der Waals surface area contributed by atoms with E-state index in [1.807, 2.05) is 11.9 Å². The molecule has 0 saturated carbocycles. The summed E-state index contributed by atoms with van der Waals surface area (Å²) in [5, 5.41) is 10.3. The van der Waals surface area contributed by atoms with Gasteiger partial charge in [0.25, 0.3) is 0 Å². The second-order valence-corrected chi connectivity index (χ2v) is 4.99. The monoisotopic (exact) mass is 242 g/mol. The van der Waals surface area contributed by atoms with Gasteiger partial charge in [0.2, 0.25) is 0 Å². The molecular formula is C11H22N4O2. The van der Waals surface area contributed by atoms with Crippen molar-refractivity contribution in [1.82, 2.24) is 9.80 Å². The van der Waals surface area contributed by atoms with Crippen molar-refractivity contribution in [2.24, 2.45) is 10.7 Å². The zero-order valence-electron chi connectivity index (χ0n) is 10.4. The largest absolute Gasteiger partial charge is 0.387 e. The summed E-state index contributed by atoms with van der Waals surface area (Å²) in [6.07, 6.45) is 0.767. The molecule has 0 aromatic heterocycles. The van der Waals surface area contributed by atoms with Gasteiger partial charge in [0, 0.05) is 26.2 Å². The van der Waals surface area contributed by atoms with Crippen LogP contribution in [0.5, 0.6) is 0 Å². The average Bonchev–Trinajstić information content (AvgIpc) is 2.68. The van der Waals surface area contributed by atoms with Gasteiger partial charge in [-0.1, -0.05) is 0 Å². The molecule has 0 bridgehead atoms. The molecule has 6 nitrogen and oxygen atoms in total. The van der Waals surface area contributed by atoms with E-state index in [4.69, 9.17) is 10.5 Å². The lowest BCUT2D eigenvalue weighted by molar-refractivity contribution is 0.0582. The third-order valence-electron chi connectivity index (χ3n) is 3.39.